The van der Waals surface area contributed by atoms with E-state index >= 15 is 0 Å². The first-order chi connectivity index (χ1) is 8.43. The van der Waals surface area contributed by atoms with Crippen molar-refractivity contribution in [1.29, 1.82) is 0 Å². The standard InChI is InChI=1S/C11H20F2N2O3/c1-8(16)14-6-4-2-3-5-10(18)15-7-9(17)11(12)13/h9,11,17H,2-7H2,1H3,(H,14,16)(H,15,18). The van der Waals surface area contributed by atoms with Gasteiger partial charge in [0.25, 0.3) is 6.43 Å². The second-order valence-corrected chi connectivity index (χ2v) is 4.00. The summed E-state index contributed by atoms with van der Waals surface area (Å²) in [5, 5.41) is 13.6. The number of aliphatic hydroxyl groups excluding tert-OH is 1. The van der Waals surface area contributed by atoms with E-state index in [1.807, 2.05) is 0 Å². The molecule has 5 nitrogen and oxygen atoms in total. The van der Waals surface area contributed by atoms with Gasteiger partial charge in [-0.15, -0.1) is 0 Å². The van der Waals surface area contributed by atoms with Gasteiger partial charge in [-0.25, -0.2) is 8.78 Å². The van der Waals surface area contributed by atoms with Crippen LogP contribution in [0.2, 0.25) is 0 Å². The number of amides is 2. The van der Waals surface area contributed by atoms with Gasteiger partial charge in [0, 0.05) is 26.4 Å². The third-order valence-corrected chi connectivity index (χ3v) is 2.25. The Morgan fingerprint density at radius 2 is 1.83 bits per heavy atom. The predicted octanol–water partition coefficient (Wildman–Crippen LogP) is 0.425. The van der Waals surface area contributed by atoms with E-state index < -0.39 is 19.1 Å². The highest BCUT2D eigenvalue weighted by atomic mass is 19.3. The van der Waals surface area contributed by atoms with Crippen LogP contribution in [0.15, 0.2) is 0 Å². The molecule has 0 fully saturated rings. The third-order valence-electron chi connectivity index (χ3n) is 2.25. The number of unbranched alkanes of at least 4 members (excludes halogenated alkanes) is 2. The Kier molecular flexibility index (Phi) is 9.08. The van der Waals surface area contributed by atoms with Crippen LogP contribution < -0.4 is 10.6 Å². The smallest absolute Gasteiger partial charge is 0.265 e. The van der Waals surface area contributed by atoms with Gasteiger partial charge in [-0.3, -0.25) is 9.59 Å². The van der Waals surface area contributed by atoms with Crippen molar-refractivity contribution >= 4 is 11.8 Å². The third kappa shape index (κ3) is 9.95. The van der Waals surface area contributed by atoms with E-state index in [9.17, 15) is 18.4 Å². The van der Waals surface area contributed by atoms with E-state index in [0.29, 0.717) is 13.0 Å². The molecule has 0 aliphatic carbocycles. The van der Waals surface area contributed by atoms with Crippen molar-refractivity contribution in [3.63, 3.8) is 0 Å². The minimum atomic E-state index is -2.84. The molecular weight excluding hydrogens is 246 g/mol. The van der Waals surface area contributed by atoms with Gasteiger partial charge in [-0.2, -0.15) is 0 Å². The molecule has 0 aromatic carbocycles. The SMILES string of the molecule is CC(=O)NCCCCCC(=O)NCC(O)C(F)F. The van der Waals surface area contributed by atoms with Crippen molar-refractivity contribution in [2.45, 2.75) is 45.1 Å². The monoisotopic (exact) mass is 266 g/mol. The molecule has 0 rings (SSSR count). The second-order valence-electron chi connectivity index (χ2n) is 4.00. The summed E-state index contributed by atoms with van der Waals surface area (Å²) in [6.45, 7) is 1.57. The van der Waals surface area contributed by atoms with Crippen LogP contribution in [0.4, 0.5) is 8.78 Å². The molecular formula is C11H20F2N2O3. The minimum absolute atomic E-state index is 0.0891. The van der Waals surface area contributed by atoms with E-state index in [1.54, 1.807) is 0 Å². The van der Waals surface area contributed by atoms with Crippen molar-refractivity contribution in [2.75, 3.05) is 13.1 Å². The maximum absolute atomic E-state index is 11.9. The Hall–Kier alpha value is -1.24. The number of alkyl halides is 2. The molecule has 0 aliphatic heterocycles. The van der Waals surface area contributed by atoms with Gasteiger partial charge in [-0.05, 0) is 12.8 Å². The minimum Gasteiger partial charge on any atom is -0.385 e. The molecule has 0 aromatic rings. The molecule has 0 radical (unpaired) electrons. The zero-order chi connectivity index (χ0) is 14.0. The lowest BCUT2D eigenvalue weighted by Gasteiger charge is -2.10. The van der Waals surface area contributed by atoms with Crippen molar-refractivity contribution < 1.29 is 23.5 Å². The second kappa shape index (κ2) is 9.76. The van der Waals surface area contributed by atoms with E-state index in [1.165, 1.54) is 6.92 Å². The Balaban J connectivity index is 3.40. The molecule has 0 aromatic heterocycles. The first kappa shape index (κ1) is 16.8. The fourth-order valence-electron chi connectivity index (χ4n) is 1.25. The number of carbonyl (C=O) groups excluding carboxylic acids is 2. The van der Waals surface area contributed by atoms with Gasteiger partial charge in [0.05, 0.1) is 0 Å². The number of rotatable bonds is 9. The average molecular weight is 266 g/mol. The Morgan fingerprint density at radius 1 is 1.17 bits per heavy atom. The van der Waals surface area contributed by atoms with Gasteiger partial charge in [-0.1, -0.05) is 6.42 Å². The van der Waals surface area contributed by atoms with Crippen molar-refractivity contribution in [3.05, 3.63) is 0 Å². The lowest BCUT2D eigenvalue weighted by atomic mass is 10.2. The average Bonchev–Trinajstić information content (AvgIpc) is 2.29. The van der Waals surface area contributed by atoms with Crippen LogP contribution in [0.25, 0.3) is 0 Å². The lowest BCUT2D eigenvalue weighted by molar-refractivity contribution is -0.122. The van der Waals surface area contributed by atoms with E-state index in [4.69, 9.17) is 5.11 Å². The fourth-order valence-corrected chi connectivity index (χ4v) is 1.25. The zero-order valence-corrected chi connectivity index (χ0v) is 10.4. The van der Waals surface area contributed by atoms with Crippen molar-refractivity contribution in [2.24, 2.45) is 0 Å². The molecule has 1 unspecified atom stereocenters. The summed E-state index contributed by atoms with van der Waals surface area (Å²) < 4.78 is 23.8. The first-order valence-corrected chi connectivity index (χ1v) is 5.91. The molecule has 0 saturated carbocycles. The summed E-state index contributed by atoms with van der Waals surface area (Å²) in [7, 11) is 0. The molecule has 0 heterocycles. The van der Waals surface area contributed by atoms with Crippen LogP contribution >= 0.6 is 0 Å². The molecule has 0 bridgehead atoms. The highest BCUT2D eigenvalue weighted by molar-refractivity contribution is 5.75. The number of nitrogens with one attached hydrogen (secondary N) is 2. The maximum atomic E-state index is 11.9. The highest BCUT2D eigenvalue weighted by Crippen LogP contribution is 2.01. The summed E-state index contributed by atoms with van der Waals surface area (Å²) in [6, 6.07) is 0. The molecule has 0 aliphatic rings. The molecule has 7 heteroatoms. The van der Waals surface area contributed by atoms with Gasteiger partial charge in [0.1, 0.15) is 6.10 Å². The van der Waals surface area contributed by atoms with E-state index in [-0.39, 0.29) is 18.2 Å². The van der Waals surface area contributed by atoms with Crippen molar-refractivity contribution in [3.8, 4) is 0 Å². The molecule has 1 atom stereocenters. The van der Waals surface area contributed by atoms with Crippen LogP contribution in [0.5, 0.6) is 0 Å². The highest BCUT2D eigenvalue weighted by Gasteiger charge is 2.16. The number of halogens is 2. The van der Waals surface area contributed by atoms with Gasteiger partial charge < -0.3 is 15.7 Å². The number of aliphatic hydroxyl groups is 1. The van der Waals surface area contributed by atoms with Crippen LogP contribution in [0.1, 0.15) is 32.6 Å². The molecule has 2 amide bonds. The summed E-state index contributed by atoms with van der Waals surface area (Å²) in [5.41, 5.74) is 0. The topological polar surface area (TPSA) is 78.4 Å². The quantitative estimate of drug-likeness (QED) is 0.529. The predicted molar refractivity (Wildman–Crippen MR) is 62.2 cm³/mol. The molecule has 0 spiro atoms. The van der Waals surface area contributed by atoms with Crippen LogP contribution in [0.3, 0.4) is 0 Å². The van der Waals surface area contributed by atoms with Crippen molar-refractivity contribution in [1.82, 2.24) is 10.6 Å². The number of hydrogen-bond donors (Lipinski definition) is 3. The molecule has 18 heavy (non-hydrogen) atoms. The molecule has 3 N–H and O–H groups in total. The van der Waals surface area contributed by atoms with E-state index in [0.717, 1.165) is 12.8 Å². The Bertz CT molecular complexity index is 263. The molecule has 106 valence electrons. The summed E-state index contributed by atoms with van der Waals surface area (Å²) in [6.07, 6.45) is -2.26. The largest absolute Gasteiger partial charge is 0.385 e. The molecule has 0 saturated heterocycles. The van der Waals surface area contributed by atoms with Gasteiger partial charge >= 0.3 is 0 Å². The number of hydrogen-bond acceptors (Lipinski definition) is 3. The van der Waals surface area contributed by atoms with Crippen LogP contribution in [-0.4, -0.2) is 42.5 Å². The normalized spacial score (nSPS) is 12.3. The van der Waals surface area contributed by atoms with E-state index in [2.05, 4.69) is 10.6 Å². The summed E-state index contributed by atoms with van der Waals surface area (Å²) >= 11 is 0. The van der Waals surface area contributed by atoms with Gasteiger partial charge in [0.2, 0.25) is 11.8 Å². The maximum Gasteiger partial charge on any atom is 0.265 e. The van der Waals surface area contributed by atoms with Crippen LogP contribution in [0, 0.1) is 0 Å². The van der Waals surface area contributed by atoms with Gasteiger partial charge in [0.15, 0.2) is 0 Å². The summed E-state index contributed by atoms with van der Waals surface area (Å²) in [4.78, 5) is 21.7. The lowest BCUT2D eigenvalue weighted by Crippen LogP contribution is -2.35. The number of carbonyl (C=O) groups is 2. The zero-order valence-electron chi connectivity index (χ0n) is 10.4. The Labute approximate surface area is 105 Å². The summed E-state index contributed by atoms with van der Waals surface area (Å²) in [5.74, 6) is -0.442. The van der Waals surface area contributed by atoms with Crippen LogP contribution in [-0.2, 0) is 9.59 Å². The fraction of sp³-hybridized carbons (Fsp3) is 0.818. The first-order valence-electron chi connectivity index (χ1n) is 5.91. The Morgan fingerprint density at radius 3 is 2.39 bits per heavy atom.